The highest BCUT2D eigenvalue weighted by molar-refractivity contribution is 4.75. The van der Waals surface area contributed by atoms with Gasteiger partial charge in [0, 0.05) is 19.3 Å². The Labute approximate surface area is 105 Å². The van der Waals surface area contributed by atoms with E-state index in [4.69, 9.17) is 8.22 Å². The van der Waals surface area contributed by atoms with Crippen molar-refractivity contribution in [2.45, 2.75) is 59.0 Å². The maximum atomic E-state index is 7.61. The molecule has 0 unspecified atom stereocenters. The molecular weight excluding hydrogens is 184 g/mol. The van der Waals surface area contributed by atoms with Crippen LogP contribution in [0.5, 0.6) is 0 Å². The molecule has 0 bridgehead atoms. The van der Waals surface area contributed by atoms with E-state index in [9.17, 15) is 0 Å². The van der Waals surface area contributed by atoms with Crippen LogP contribution in [-0.4, -0.2) is 47.9 Å². The van der Waals surface area contributed by atoms with Crippen LogP contribution >= 0.6 is 0 Å². The van der Waals surface area contributed by atoms with Crippen LogP contribution in [0, 0.1) is 0 Å². The first-order chi connectivity index (χ1) is 8.97. The van der Waals surface area contributed by atoms with Crippen LogP contribution in [0.25, 0.3) is 0 Å². The van der Waals surface area contributed by atoms with Crippen molar-refractivity contribution in [2.75, 3.05) is 27.0 Å². The molecule has 0 saturated heterocycles. The van der Waals surface area contributed by atoms with Crippen molar-refractivity contribution in [1.82, 2.24) is 9.80 Å². The highest BCUT2D eigenvalue weighted by Crippen LogP contribution is 2.13. The van der Waals surface area contributed by atoms with Crippen LogP contribution in [0.15, 0.2) is 0 Å². The average molecular weight is 220 g/mol. The minimum absolute atomic E-state index is 0.336. The van der Waals surface area contributed by atoms with Gasteiger partial charge in [0.25, 0.3) is 0 Å². The summed E-state index contributed by atoms with van der Waals surface area (Å²) < 4.78 is 45.7. The zero-order valence-electron chi connectivity index (χ0n) is 17.0. The summed E-state index contributed by atoms with van der Waals surface area (Å²) in [5.41, 5.74) is -0.977. The van der Waals surface area contributed by atoms with Gasteiger partial charge in [-0.2, -0.15) is 0 Å². The van der Waals surface area contributed by atoms with Crippen LogP contribution in [0.4, 0.5) is 0 Å². The van der Waals surface area contributed by atoms with Gasteiger partial charge in [-0.25, -0.2) is 0 Å². The fraction of sp³-hybridized carbons (Fsp3) is 1.00. The molecule has 0 aromatic carbocycles. The second-order valence-electron chi connectivity index (χ2n) is 6.00. The van der Waals surface area contributed by atoms with E-state index in [1.54, 1.807) is 0 Å². The first-order valence-electron chi connectivity index (χ1n) is 8.53. The van der Waals surface area contributed by atoms with Gasteiger partial charge in [-0.1, -0.05) is 0 Å². The molecule has 0 aromatic heterocycles. The van der Waals surface area contributed by atoms with Gasteiger partial charge in [0.1, 0.15) is 0 Å². The molecule has 0 aliphatic heterocycles. The molecule has 2 nitrogen and oxygen atoms in total. The molecule has 15 heavy (non-hydrogen) atoms. The van der Waals surface area contributed by atoms with E-state index in [1.807, 2.05) is 41.5 Å². The van der Waals surface area contributed by atoms with E-state index in [0.29, 0.717) is 19.5 Å². The van der Waals surface area contributed by atoms with Crippen LogP contribution < -0.4 is 0 Å². The number of hydrogen-bond acceptors (Lipinski definition) is 2. The lowest BCUT2D eigenvalue weighted by molar-refractivity contribution is 0.139. The van der Waals surface area contributed by atoms with E-state index < -0.39 is 25.0 Å². The molecule has 0 heterocycles. The van der Waals surface area contributed by atoms with Crippen molar-refractivity contribution < 1.29 is 8.22 Å². The van der Waals surface area contributed by atoms with E-state index in [-0.39, 0.29) is 0 Å². The Balaban J connectivity index is 4.84. The summed E-state index contributed by atoms with van der Waals surface area (Å²) in [6.45, 7) is 7.43. The topological polar surface area (TPSA) is 6.48 Å². The molecule has 0 atom stereocenters. The summed E-state index contributed by atoms with van der Waals surface area (Å²) in [6, 6.07) is 0. The van der Waals surface area contributed by atoms with Gasteiger partial charge in [0.05, 0.1) is 0 Å². The maximum absolute atomic E-state index is 7.61. The Hall–Kier alpha value is -0.0800. The first-order valence-corrected chi connectivity index (χ1v) is 5.53. The summed E-state index contributed by atoms with van der Waals surface area (Å²) in [7, 11) is 0. The number of nitrogens with zero attached hydrogens (tertiary/aromatic N) is 2. The van der Waals surface area contributed by atoms with Crippen LogP contribution in [0.1, 0.15) is 56.2 Å². The van der Waals surface area contributed by atoms with Crippen LogP contribution in [0.3, 0.4) is 0 Å². The maximum Gasteiger partial charge on any atom is 0.0394 e. The Morgan fingerprint density at radius 1 is 0.800 bits per heavy atom. The molecule has 0 aliphatic carbocycles. The lowest BCUT2D eigenvalue weighted by Gasteiger charge is -2.35. The Morgan fingerprint density at radius 3 is 1.33 bits per heavy atom. The van der Waals surface area contributed by atoms with Crippen molar-refractivity contribution in [2.24, 2.45) is 0 Å². The van der Waals surface area contributed by atoms with Crippen LogP contribution in [-0.2, 0) is 0 Å². The highest BCUT2D eigenvalue weighted by atomic mass is 15.2. The van der Waals surface area contributed by atoms with Crippen LogP contribution in [0.2, 0.25) is 0 Å². The van der Waals surface area contributed by atoms with E-state index in [2.05, 4.69) is 0 Å². The molecule has 0 radical (unpaired) electrons. The second kappa shape index (κ2) is 5.31. The standard InChI is InChI=1S/C13H30N2/c1-12(2,3)14(7)10-9-11-15(8)13(4,5)6/h9-11H2,1-8H3/i7D3,8D3. The van der Waals surface area contributed by atoms with E-state index in [1.165, 1.54) is 9.80 Å². The van der Waals surface area contributed by atoms with Gasteiger partial charge in [-0.05, 0) is 75.0 Å². The number of hydrogen-bond donors (Lipinski definition) is 0. The molecular formula is C13H30N2. The summed E-state index contributed by atoms with van der Waals surface area (Å²) >= 11 is 0. The largest absolute Gasteiger partial charge is 0.301 e. The zero-order chi connectivity index (χ0) is 17.3. The molecule has 0 saturated carbocycles. The predicted molar refractivity (Wildman–Crippen MR) is 69.4 cm³/mol. The predicted octanol–water partition coefficient (Wildman–Crippen LogP) is 2.84. The van der Waals surface area contributed by atoms with E-state index in [0.717, 1.165) is 0 Å². The van der Waals surface area contributed by atoms with Crippen molar-refractivity contribution in [3.8, 4) is 0 Å². The monoisotopic (exact) mass is 220 g/mol. The minimum Gasteiger partial charge on any atom is -0.301 e. The summed E-state index contributed by atoms with van der Waals surface area (Å²) in [5, 5.41) is 0. The van der Waals surface area contributed by atoms with Crippen molar-refractivity contribution in [3.63, 3.8) is 0 Å². The quantitative estimate of drug-likeness (QED) is 0.719. The fourth-order valence-electron chi connectivity index (χ4n) is 1.06. The smallest absolute Gasteiger partial charge is 0.0394 e. The Kier molecular flexibility index (Phi) is 2.58. The molecule has 0 rings (SSSR count). The third kappa shape index (κ3) is 6.16. The molecule has 0 aliphatic rings. The first kappa shape index (κ1) is 7.29. The number of rotatable bonds is 4. The van der Waals surface area contributed by atoms with Gasteiger partial charge >= 0.3 is 0 Å². The minimum atomic E-state index is -2.18. The van der Waals surface area contributed by atoms with E-state index >= 15 is 0 Å². The third-order valence-corrected chi connectivity index (χ3v) is 2.38. The normalized spacial score (nSPS) is 21.6. The summed E-state index contributed by atoms with van der Waals surface area (Å²) in [4.78, 5) is 2.89. The molecule has 0 aromatic rings. The van der Waals surface area contributed by atoms with Crippen molar-refractivity contribution in [3.05, 3.63) is 0 Å². The molecule has 92 valence electrons. The van der Waals surface area contributed by atoms with Gasteiger partial charge < -0.3 is 9.80 Å². The second-order valence-corrected chi connectivity index (χ2v) is 6.00. The Bertz CT molecular complexity index is 262. The summed E-state index contributed by atoms with van der Waals surface area (Å²) in [6.07, 6.45) is 0.491. The molecule has 0 amide bonds. The lowest BCUT2D eigenvalue weighted by atomic mass is 10.1. The van der Waals surface area contributed by atoms with Crippen molar-refractivity contribution >= 4 is 0 Å². The van der Waals surface area contributed by atoms with Crippen molar-refractivity contribution in [1.29, 1.82) is 0 Å². The lowest BCUT2D eigenvalue weighted by Crippen LogP contribution is -2.42. The summed E-state index contributed by atoms with van der Waals surface area (Å²) in [5.74, 6) is 0. The van der Waals surface area contributed by atoms with Gasteiger partial charge in [-0.15, -0.1) is 0 Å². The molecule has 0 N–H and O–H groups in total. The third-order valence-electron chi connectivity index (χ3n) is 2.38. The SMILES string of the molecule is [2H]C([2H])([2H])N(CCCN(C([2H])([2H])[2H])C(C)(C)C)C(C)(C)C. The van der Waals surface area contributed by atoms with Gasteiger partial charge in [0.2, 0.25) is 0 Å². The zero-order valence-corrected chi connectivity index (χ0v) is 11.0. The van der Waals surface area contributed by atoms with Gasteiger partial charge in [-0.3, -0.25) is 0 Å². The van der Waals surface area contributed by atoms with Gasteiger partial charge in [0.15, 0.2) is 0 Å². The molecule has 0 fully saturated rings. The highest BCUT2D eigenvalue weighted by Gasteiger charge is 2.19. The Morgan fingerprint density at radius 2 is 1.13 bits per heavy atom. The molecule has 2 heteroatoms. The average Bonchev–Trinajstić information content (AvgIpc) is 2.07. The fourth-order valence-corrected chi connectivity index (χ4v) is 1.06. The molecule has 0 spiro atoms.